The van der Waals surface area contributed by atoms with Crippen molar-refractivity contribution >= 4 is 21.4 Å². The predicted octanol–water partition coefficient (Wildman–Crippen LogP) is 1.50. The van der Waals surface area contributed by atoms with Crippen molar-refractivity contribution in [3.8, 4) is 0 Å². The Kier molecular flexibility index (Phi) is 6.41. The summed E-state index contributed by atoms with van der Waals surface area (Å²) in [6.45, 7) is 6.71. The molecule has 0 spiro atoms. The largest absolute Gasteiger partial charge is 0.391 e. The van der Waals surface area contributed by atoms with Crippen molar-refractivity contribution in [1.29, 1.82) is 0 Å². The minimum atomic E-state index is -3.57. The number of aryl methyl sites for hydroxylation is 1. The van der Waals surface area contributed by atoms with Gasteiger partial charge in [0.05, 0.1) is 18.1 Å². The second-order valence-electron chi connectivity index (χ2n) is 4.70. The summed E-state index contributed by atoms with van der Waals surface area (Å²) in [4.78, 5) is 0.664. The molecule has 2 N–H and O–H groups in total. The second-order valence-corrected chi connectivity index (χ2v) is 7.36. The maximum Gasteiger partial charge on any atom is 0.242 e. The van der Waals surface area contributed by atoms with E-state index in [1.54, 1.807) is 12.3 Å². The summed E-state index contributed by atoms with van der Waals surface area (Å²) in [5.41, 5.74) is 0.657. The molecule has 0 saturated carbocycles. The third-order valence-electron chi connectivity index (χ3n) is 2.39. The van der Waals surface area contributed by atoms with Gasteiger partial charge in [0.2, 0.25) is 10.0 Å². The summed E-state index contributed by atoms with van der Waals surface area (Å²) < 4.78 is 32.1. The van der Waals surface area contributed by atoms with Gasteiger partial charge < -0.3 is 9.84 Å². The molecule has 1 rings (SSSR count). The van der Waals surface area contributed by atoms with Gasteiger partial charge in [0, 0.05) is 13.2 Å². The lowest BCUT2D eigenvalue weighted by Crippen LogP contribution is -2.28. The van der Waals surface area contributed by atoms with Crippen molar-refractivity contribution < 1.29 is 18.3 Å². The maximum absolute atomic E-state index is 12.1. The fraction of sp³-hybridized carbons (Fsp3) is 0.667. The Morgan fingerprint density at radius 2 is 2.16 bits per heavy atom. The van der Waals surface area contributed by atoms with Crippen LogP contribution in [-0.2, 0) is 21.4 Å². The number of thiophene rings is 1. The van der Waals surface area contributed by atoms with Gasteiger partial charge in [-0.3, -0.25) is 0 Å². The van der Waals surface area contributed by atoms with E-state index in [9.17, 15) is 8.42 Å². The molecule has 1 heterocycles. The molecule has 0 fully saturated rings. The van der Waals surface area contributed by atoms with Gasteiger partial charge in [-0.25, -0.2) is 13.1 Å². The number of nitrogens with one attached hydrogen (secondary N) is 1. The van der Waals surface area contributed by atoms with E-state index in [0.29, 0.717) is 29.6 Å². The maximum atomic E-state index is 12.1. The Balaban J connectivity index is 2.59. The van der Waals surface area contributed by atoms with Crippen LogP contribution in [-0.4, -0.2) is 33.3 Å². The topological polar surface area (TPSA) is 75.6 Å². The molecule has 0 bridgehead atoms. The first-order valence-corrected chi connectivity index (χ1v) is 8.50. The fourth-order valence-corrected chi connectivity index (χ4v) is 4.27. The van der Waals surface area contributed by atoms with Crippen LogP contribution in [0.3, 0.4) is 0 Å². The monoisotopic (exact) mass is 307 g/mol. The van der Waals surface area contributed by atoms with Crippen molar-refractivity contribution in [2.75, 3.05) is 19.8 Å². The number of rotatable bonds is 8. The van der Waals surface area contributed by atoms with Crippen LogP contribution < -0.4 is 4.72 Å². The van der Waals surface area contributed by atoms with Crippen LogP contribution in [0.25, 0.3) is 0 Å². The molecule has 0 aliphatic carbocycles. The van der Waals surface area contributed by atoms with Crippen LogP contribution in [0.2, 0.25) is 0 Å². The van der Waals surface area contributed by atoms with Gasteiger partial charge in [-0.2, -0.15) is 0 Å². The van der Waals surface area contributed by atoms with Gasteiger partial charge >= 0.3 is 0 Å². The highest BCUT2D eigenvalue weighted by atomic mass is 32.2. The van der Waals surface area contributed by atoms with Gasteiger partial charge in [0.1, 0.15) is 4.90 Å². The molecule has 0 saturated heterocycles. The molecule has 1 aromatic rings. The summed E-state index contributed by atoms with van der Waals surface area (Å²) in [7, 11) is -3.57. The molecule has 0 aliphatic rings. The van der Waals surface area contributed by atoms with Gasteiger partial charge in [0.25, 0.3) is 0 Å². The highest BCUT2D eigenvalue weighted by molar-refractivity contribution is 7.89. The van der Waals surface area contributed by atoms with E-state index in [-0.39, 0.29) is 18.0 Å². The summed E-state index contributed by atoms with van der Waals surface area (Å²) in [5, 5.41) is 10.9. The minimum Gasteiger partial charge on any atom is -0.391 e. The Bertz CT molecular complexity index is 494. The smallest absolute Gasteiger partial charge is 0.242 e. The van der Waals surface area contributed by atoms with E-state index >= 15 is 0 Å². The standard InChI is InChI=1S/C12H21NO4S2/c1-9(2)7-17-5-4-13-19(15,16)12-10(3)8-18-11(12)6-14/h8-9,13-14H,4-7H2,1-3H3. The quantitative estimate of drug-likeness (QED) is 0.714. The second kappa shape index (κ2) is 7.35. The number of aliphatic hydroxyl groups excluding tert-OH is 1. The minimum absolute atomic E-state index is 0.198. The normalized spacial score (nSPS) is 12.3. The average Bonchev–Trinajstić information content (AvgIpc) is 2.70. The zero-order chi connectivity index (χ0) is 14.5. The number of sulfonamides is 1. The summed E-state index contributed by atoms with van der Waals surface area (Å²) in [6, 6.07) is 0. The van der Waals surface area contributed by atoms with Crippen LogP contribution in [0.1, 0.15) is 24.3 Å². The molecule has 0 aliphatic heterocycles. The molecule has 1 aromatic heterocycles. The summed E-state index contributed by atoms with van der Waals surface area (Å²) >= 11 is 1.25. The lowest BCUT2D eigenvalue weighted by atomic mass is 10.2. The first kappa shape index (κ1) is 16.6. The Morgan fingerprint density at radius 3 is 2.74 bits per heavy atom. The van der Waals surface area contributed by atoms with E-state index < -0.39 is 10.0 Å². The Hall–Kier alpha value is -0.470. The predicted molar refractivity (Wildman–Crippen MR) is 75.8 cm³/mol. The number of hydrogen-bond donors (Lipinski definition) is 2. The van der Waals surface area contributed by atoms with E-state index in [0.717, 1.165) is 0 Å². The lowest BCUT2D eigenvalue weighted by Gasteiger charge is -2.09. The first-order valence-electron chi connectivity index (χ1n) is 6.13. The highest BCUT2D eigenvalue weighted by Crippen LogP contribution is 2.26. The first-order chi connectivity index (χ1) is 8.88. The van der Waals surface area contributed by atoms with Crippen LogP contribution >= 0.6 is 11.3 Å². The summed E-state index contributed by atoms with van der Waals surface area (Å²) in [5.74, 6) is 0.428. The lowest BCUT2D eigenvalue weighted by molar-refractivity contribution is 0.114. The number of ether oxygens (including phenoxy) is 1. The Labute approximate surface area is 118 Å². The SMILES string of the molecule is Cc1csc(CO)c1S(=O)(=O)NCCOCC(C)C. The molecular weight excluding hydrogens is 286 g/mol. The van der Waals surface area contributed by atoms with Gasteiger partial charge in [0.15, 0.2) is 0 Å². The van der Waals surface area contributed by atoms with Crippen LogP contribution in [0.15, 0.2) is 10.3 Å². The van der Waals surface area contributed by atoms with Crippen molar-refractivity contribution in [3.05, 3.63) is 15.8 Å². The molecule has 19 heavy (non-hydrogen) atoms. The molecule has 5 nitrogen and oxygen atoms in total. The van der Waals surface area contributed by atoms with Crippen molar-refractivity contribution in [2.24, 2.45) is 5.92 Å². The van der Waals surface area contributed by atoms with E-state index in [2.05, 4.69) is 4.72 Å². The zero-order valence-corrected chi connectivity index (χ0v) is 13.1. The molecule has 0 atom stereocenters. The van der Waals surface area contributed by atoms with E-state index in [1.165, 1.54) is 11.3 Å². The molecule has 0 amide bonds. The number of hydrogen-bond acceptors (Lipinski definition) is 5. The average molecular weight is 307 g/mol. The molecule has 7 heteroatoms. The van der Waals surface area contributed by atoms with Gasteiger partial charge in [-0.1, -0.05) is 13.8 Å². The number of aliphatic hydroxyl groups is 1. The molecular formula is C12H21NO4S2. The third kappa shape index (κ3) is 4.85. The van der Waals surface area contributed by atoms with Crippen LogP contribution in [0, 0.1) is 12.8 Å². The fourth-order valence-electron chi connectivity index (χ4n) is 1.60. The van der Waals surface area contributed by atoms with Crippen LogP contribution in [0.4, 0.5) is 0 Å². The van der Waals surface area contributed by atoms with E-state index in [1.807, 2.05) is 13.8 Å². The molecule has 110 valence electrons. The molecule has 0 aromatic carbocycles. The van der Waals surface area contributed by atoms with Crippen molar-refractivity contribution in [1.82, 2.24) is 4.72 Å². The van der Waals surface area contributed by atoms with Gasteiger partial charge in [-0.15, -0.1) is 11.3 Å². The van der Waals surface area contributed by atoms with E-state index in [4.69, 9.17) is 9.84 Å². The van der Waals surface area contributed by atoms with Crippen LogP contribution in [0.5, 0.6) is 0 Å². The highest BCUT2D eigenvalue weighted by Gasteiger charge is 2.22. The third-order valence-corrected chi connectivity index (χ3v) is 5.30. The molecule has 0 unspecified atom stereocenters. The zero-order valence-electron chi connectivity index (χ0n) is 11.5. The molecule has 0 radical (unpaired) electrons. The Morgan fingerprint density at radius 1 is 1.47 bits per heavy atom. The van der Waals surface area contributed by atoms with Crippen molar-refractivity contribution in [2.45, 2.75) is 32.3 Å². The van der Waals surface area contributed by atoms with Crippen molar-refractivity contribution in [3.63, 3.8) is 0 Å². The summed E-state index contributed by atoms with van der Waals surface area (Å²) in [6.07, 6.45) is 0. The van der Waals surface area contributed by atoms with Gasteiger partial charge in [-0.05, 0) is 23.8 Å².